The number of hydrogen-bond donors (Lipinski definition) is 1. The van der Waals surface area contributed by atoms with Crippen LogP contribution in [0.3, 0.4) is 0 Å². The molecule has 0 fully saturated rings. The van der Waals surface area contributed by atoms with E-state index in [2.05, 4.69) is 19.2 Å². The number of rotatable bonds is 8. The molecule has 0 aliphatic rings. The Balaban J connectivity index is 2.31. The fourth-order valence-electron chi connectivity index (χ4n) is 1.92. The monoisotopic (exact) mass is 269 g/mol. The molecule has 0 aromatic heterocycles. The van der Waals surface area contributed by atoms with Crippen molar-refractivity contribution in [2.75, 3.05) is 20.2 Å². The Morgan fingerprint density at radius 3 is 2.72 bits per heavy atom. The first kappa shape index (κ1) is 15.3. The van der Waals surface area contributed by atoms with E-state index in [9.17, 15) is 0 Å². The van der Waals surface area contributed by atoms with Gasteiger partial charge in [0.2, 0.25) is 0 Å². The van der Waals surface area contributed by atoms with Gasteiger partial charge in [0.1, 0.15) is 5.75 Å². The molecule has 0 heterocycles. The average molecular weight is 270 g/mol. The van der Waals surface area contributed by atoms with Gasteiger partial charge in [-0.15, -0.1) is 0 Å². The lowest BCUT2D eigenvalue weighted by molar-refractivity contribution is 0.408. The standard InChI is InChI=1S/C15H24ClNO/c1-12(2)11-17-10-5-4-7-13-14(16)8-6-9-15(13)18-3/h6,8-9,12,17H,4-5,7,10-11H2,1-3H3. The maximum Gasteiger partial charge on any atom is 0.123 e. The Kier molecular flexibility index (Phi) is 7.14. The van der Waals surface area contributed by atoms with E-state index in [-0.39, 0.29) is 0 Å². The van der Waals surface area contributed by atoms with Crippen molar-refractivity contribution in [2.45, 2.75) is 33.1 Å². The van der Waals surface area contributed by atoms with E-state index in [1.807, 2.05) is 18.2 Å². The number of benzene rings is 1. The Bertz CT molecular complexity index is 352. The van der Waals surface area contributed by atoms with Crippen molar-refractivity contribution in [3.63, 3.8) is 0 Å². The number of unbranched alkanes of at least 4 members (excludes halogenated alkanes) is 1. The van der Waals surface area contributed by atoms with E-state index in [1.165, 1.54) is 6.42 Å². The summed E-state index contributed by atoms with van der Waals surface area (Å²) in [6.07, 6.45) is 3.28. The number of methoxy groups -OCH3 is 1. The zero-order valence-corrected chi connectivity index (χ0v) is 12.4. The second-order valence-electron chi connectivity index (χ2n) is 4.98. The summed E-state index contributed by atoms with van der Waals surface area (Å²) in [5.74, 6) is 1.62. The Hall–Kier alpha value is -0.730. The molecule has 0 atom stereocenters. The van der Waals surface area contributed by atoms with Gasteiger partial charge < -0.3 is 10.1 Å². The van der Waals surface area contributed by atoms with Gasteiger partial charge in [-0.05, 0) is 50.4 Å². The topological polar surface area (TPSA) is 21.3 Å². The highest BCUT2D eigenvalue weighted by atomic mass is 35.5. The van der Waals surface area contributed by atoms with Crippen LogP contribution in [0, 0.1) is 5.92 Å². The minimum absolute atomic E-state index is 0.716. The number of ether oxygens (including phenoxy) is 1. The number of hydrogen-bond acceptors (Lipinski definition) is 2. The van der Waals surface area contributed by atoms with Crippen molar-refractivity contribution in [1.29, 1.82) is 0 Å². The summed E-state index contributed by atoms with van der Waals surface area (Å²) in [6.45, 7) is 6.61. The molecule has 0 aliphatic carbocycles. The third kappa shape index (κ3) is 5.28. The molecule has 0 radical (unpaired) electrons. The molecular formula is C15H24ClNO. The predicted octanol–water partition coefficient (Wildman–Crippen LogP) is 3.92. The molecule has 1 aromatic carbocycles. The van der Waals surface area contributed by atoms with E-state index in [0.717, 1.165) is 42.3 Å². The summed E-state index contributed by atoms with van der Waals surface area (Å²) < 4.78 is 5.34. The van der Waals surface area contributed by atoms with Crippen LogP contribution in [0.1, 0.15) is 32.3 Å². The Morgan fingerprint density at radius 2 is 2.06 bits per heavy atom. The zero-order valence-electron chi connectivity index (χ0n) is 11.6. The van der Waals surface area contributed by atoms with Gasteiger partial charge >= 0.3 is 0 Å². The fraction of sp³-hybridized carbons (Fsp3) is 0.600. The van der Waals surface area contributed by atoms with Crippen molar-refractivity contribution in [3.05, 3.63) is 28.8 Å². The summed E-state index contributed by atoms with van der Waals surface area (Å²) >= 11 is 6.19. The summed E-state index contributed by atoms with van der Waals surface area (Å²) in [7, 11) is 1.69. The normalized spacial score (nSPS) is 10.9. The van der Waals surface area contributed by atoms with Gasteiger partial charge in [-0.3, -0.25) is 0 Å². The van der Waals surface area contributed by atoms with Gasteiger partial charge in [0.15, 0.2) is 0 Å². The van der Waals surface area contributed by atoms with Crippen LogP contribution in [0.4, 0.5) is 0 Å². The molecule has 3 heteroatoms. The SMILES string of the molecule is COc1cccc(Cl)c1CCCCNCC(C)C. The smallest absolute Gasteiger partial charge is 0.123 e. The molecule has 0 saturated carbocycles. The first-order valence-corrected chi connectivity index (χ1v) is 7.05. The Labute approximate surface area is 116 Å². The summed E-state index contributed by atoms with van der Waals surface area (Å²) in [4.78, 5) is 0. The maximum atomic E-state index is 6.19. The van der Waals surface area contributed by atoms with Crippen LogP contribution in [0.25, 0.3) is 0 Å². The van der Waals surface area contributed by atoms with Gasteiger partial charge in [-0.1, -0.05) is 31.5 Å². The van der Waals surface area contributed by atoms with Crippen molar-refractivity contribution in [3.8, 4) is 5.75 Å². The first-order chi connectivity index (χ1) is 8.65. The molecule has 0 bridgehead atoms. The molecule has 1 N–H and O–H groups in total. The average Bonchev–Trinajstić information content (AvgIpc) is 2.34. The summed E-state index contributed by atoms with van der Waals surface area (Å²) in [5, 5.41) is 4.26. The van der Waals surface area contributed by atoms with Crippen molar-refractivity contribution >= 4 is 11.6 Å². The zero-order chi connectivity index (χ0) is 13.4. The highest BCUT2D eigenvalue weighted by Gasteiger charge is 2.06. The summed E-state index contributed by atoms with van der Waals surface area (Å²) in [6, 6.07) is 5.82. The molecule has 2 nitrogen and oxygen atoms in total. The van der Waals surface area contributed by atoms with Crippen LogP contribution < -0.4 is 10.1 Å². The van der Waals surface area contributed by atoms with Crippen LogP contribution in [-0.4, -0.2) is 20.2 Å². The van der Waals surface area contributed by atoms with Crippen LogP contribution >= 0.6 is 11.6 Å². The minimum Gasteiger partial charge on any atom is -0.496 e. The quantitative estimate of drug-likeness (QED) is 0.723. The molecule has 18 heavy (non-hydrogen) atoms. The maximum absolute atomic E-state index is 6.19. The molecule has 0 spiro atoms. The van der Waals surface area contributed by atoms with E-state index in [4.69, 9.17) is 16.3 Å². The van der Waals surface area contributed by atoms with Crippen molar-refractivity contribution in [1.82, 2.24) is 5.32 Å². The minimum atomic E-state index is 0.716. The molecule has 0 unspecified atom stereocenters. The third-order valence-electron chi connectivity index (χ3n) is 2.88. The molecule has 0 saturated heterocycles. The second-order valence-corrected chi connectivity index (χ2v) is 5.38. The fourth-order valence-corrected chi connectivity index (χ4v) is 2.18. The lowest BCUT2D eigenvalue weighted by Crippen LogP contribution is -2.20. The largest absolute Gasteiger partial charge is 0.496 e. The van der Waals surface area contributed by atoms with Crippen LogP contribution in [0.15, 0.2) is 18.2 Å². The van der Waals surface area contributed by atoms with Crippen LogP contribution in [0.5, 0.6) is 5.75 Å². The molecule has 0 aliphatic heterocycles. The molecule has 1 aromatic rings. The van der Waals surface area contributed by atoms with Gasteiger partial charge in [-0.25, -0.2) is 0 Å². The highest BCUT2D eigenvalue weighted by molar-refractivity contribution is 6.31. The van der Waals surface area contributed by atoms with E-state index < -0.39 is 0 Å². The molecular weight excluding hydrogens is 246 g/mol. The van der Waals surface area contributed by atoms with E-state index >= 15 is 0 Å². The van der Waals surface area contributed by atoms with Gasteiger partial charge in [0.25, 0.3) is 0 Å². The first-order valence-electron chi connectivity index (χ1n) is 6.67. The number of halogens is 1. The summed E-state index contributed by atoms with van der Waals surface area (Å²) in [5.41, 5.74) is 1.13. The lowest BCUT2D eigenvalue weighted by Gasteiger charge is -2.11. The van der Waals surface area contributed by atoms with Crippen LogP contribution in [-0.2, 0) is 6.42 Å². The van der Waals surface area contributed by atoms with Crippen molar-refractivity contribution < 1.29 is 4.74 Å². The number of nitrogens with one attached hydrogen (secondary N) is 1. The van der Waals surface area contributed by atoms with Gasteiger partial charge in [0, 0.05) is 10.6 Å². The van der Waals surface area contributed by atoms with Crippen LogP contribution in [0.2, 0.25) is 5.02 Å². The van der Waals surface area contributed by atoms with E-state index in [1.54, 1.807) is 7.11 Å². The highest BCUT2D eigenvalue weighted by Crippen LogP contribution is 2.27. The molecule has 1 rings (SSSR count). The molecule has 0 amide bonds. The second kappa shape index (κ2) is 8.39. The van der Waals surface area contributed by atoms with Gasteiger partial charge in [-0.2, -0.15) is 0 Å². The predicted molar refractivity (Wildman–Crippen MR) is 78.6 cm³/mol. The lowest BCUT2D eigenvalue weighted by atomic mass is 10.1. The molecule has 102 valence electrons. The third-order valence-corrected chi connectivity index (χ3v) is 3.23. The van der Waals surface area contributed by atoms with Crippen molar-refractivity contribution in [2.24, 2.45) is 5.92 Å². The van der Waals surface area contributed by atoms with E-state index in [0.29, 0.717) is 5.92 Å². The van der Waals surface area contributed by atoms with Gasteiger partial charge in [0.05, 0.1) is 7.11 Å². The Morgan fingerprint density at radius 1 is 1.28 bits per heavy atom.